The Hall–Kier alpha value is -3.02. The van der Waals surface area contributed by atoms with Gasteiger partial charge in [-0.15, -0.1) is 0 Å². The third kappa shape index (κ3) is 4.14. The largest absolute Gasteiger partial charge is 0.495 e. The molecular formula is C20H23N3O3. The van der Waals surface area contributed by atoms with Crippen LogP contribution in [0.15, 0.2) is 48.5 Å². The molecule has 1 saturated heterocycles. The number of nitrogens with zero attached hydrogens (tertiary/aromatic N) is 1. The number of urea groups is 1. The summed E-state index contributed by atoms with van der Waals surface area (Å²) in [7, 11) is 1.55. The van der Waals surface area contributed by atoms with Crippen LogP contribution in [-0.4, -0.2) is 37.0 Å². The first-order valence-electron chi connectivity index (χ1n) is 8.78. The summed E-state index contributed by atoms with van der Waals surface area (Å²) < 4.78 is 5.23. The summed E-state index contributed by atoms with van der Waals surface area (Å²) in [6.45, 7) is 1.53. The lowest BCUT2D eigenvalue weighted by Crippen LogP contribution is -2.36. The number of carbonyl (C=O) groups excluding carboxylic acids is 2. The van der Waals surface area contributed by atoms with Gasteiger partial charge in [-0.1, -0.05) is 24.3 Å². The molecule has 1 aliphatic rings. The summed E-state index contributed by atoms with van der Waals surface area (Å²) in [5, 5.41) is 5.53. The lowest BCUT2D eigenvalue weighted by atomic mass is 10.1. The van der Waals surface area contributed by atoms with Gasteiger partial charge in [0.15, 0.2) is 0 Å². The molecule has 2 N–H and O–H groups in total. The Kier molecular flexibility index (Phi) is 5.73. The van der Waals surface area contributed by atoms with Gasteiger partial charge in [-0.3, -0.25) is 4.79 Å². The number of methoxy groups -OCH3 is 1. The Morgan fingerprint density at radius 2 is 1.50 bits per heavy atom. The van der Waals surface area contributed by atoms with E-state index < -0.39 is 6.03 Å². The van der Waals surface area contributed by atoms with Crippen molar-refractivity contribution in [3.05, 3.63) is 54.1 Å². The highest BCUT2D eigenvalue weighted by Gasteiger charge is 2.21. The minimum atomic E-state index is -0.423. The minimum Gasteiger partial charge on any atom is -0.495 e. The molecule has 6 heteroatoms. The van der Waals surface area contributed by atoms with Gasteiger partial charge in [0.2, 0.25) is 0 Å². The van der Waals surface area contributed by atoms with E-state index in [-0.39, 0.29) is 5.91 Å². The number of hydrogen-bond donors (Lipinski definition) is 2. The average molecular weight is 353 g/mol. The molecule has 3 rings (SSSR count). The molecule has 26 heavy (non-hydrogen) atoms. The van der Waals surface area contributed by atoms with E-state index in [9.17, 15) is 9.59 Å². The van der Waals surface area contributed by atoms with Crippen LogP contribution in [0, 0.1) is 0 Å². The van der Waals surface area contributed by atoms with Gasteiger partial charge in [0.25, 0.3) is 5.91 Å². The highest BCUT2D eigenvalue weighted by atomic mass is 16.5. The van der Waals surface area contributed by atoms with Gasteiger partial charge in [-0.25, -0.2) is 4.79 Å². The van der Waals surface area contributed by atoms with Crippen molar-refractivity contribution in [2.45, 2.75) is 19.3 Å². The molecule has 3 amide bonds. The van der Waals surface area contributed by atoms with Crippen molar-refractivity contribution < 1.29 is 14.3 Å². The van der Waals surface area contributed by atoms with Gasteiger partial charge >= 0.3 is 6.03 Å². The summed E-state index contributed by atoms with van der Waals surface area (Å²) in [6.07, 6.45) is 3.20. The van der Waals surface area contributed by atoms with Crippen molar-refractivity contribution in [2.24, 2.45) is 0 Å². The average Bonchev–Trinajstić information content (AvgIpc) is 2.69. The number of para-hydroxylation sites is 3. The second kappa shape index (κ2) is 8.38. The predicted molar refractivity (Wildman–Crippen MR) is 102 cm³/mol. The molecule has 0 radical (unpaired) electrons. The van der Waals surface area contributed by atoms with Crippen LogP contribution in [0.2, 0.25) is 0 Å². The van der Waals surface area contributed by atoms with Crippen LogP contribution in [0.25, 0.3) is 0 Å². The number of piperidine rings is 1. The van der Waals surface area contributed by atoms with Gasteiger partial charge in [-0.05, 0) is 43.5 Å². The van der Waals surface area contributed by atoms with E-state index in [1.807, 2.05) is 17.0 Å². The van der Waals surface area contributed by atoms with Gasteiger partial charge < -0.3 is 20.3 Å². The van der Waals surface area contributed by atoms with E-state index in [1.165, 1.54) is 0 Å². The van der Waals surface area contributed by atoms with Crippen molar-refractivity contribution in [3.63, 3.8) is 0 Å². The molecule has 136 valence electrons. The Balaban J connectivity index is 1.73. The quantitative estimate of drug-likeness (QED) is 0.874. The second-order valence-corrected chi connectivity index (χ2v) is 6.18. The number of ether oxygens (including phenoxy) is 1. The summed E-state index contributed by atoms with van der Waals surface area (Å²) in [5.74, 6) is 0.526. The summed E-state index contributed by atoms with van der Waals surface area (Å²) >= 11 is 0. The zero-order chi connectivity index (χ0) is 18.4. The van der Waals surface area contributed by atoms with Crippen molar-refractivity contribution >= 4 is 23.3 Å². The van der Waals surface area contributed by atoms with Gasteiger partial charge in [0.1, 0.15) is 5.75 Å². The number of hydrogen-bond acceptors (Lipinski definition) is 3. The van der Waals surface area contributed by atoms with E-state index in [4.69, 9.17) is 4.74 Å². The normalized spacial score (nSPS) is 13.8. The van der Waals surface area contributed by atoms with Gasteiger partial charge in [-0.2, -0.15) is 0 Å². The Labute approximate surface area is 153 Å². The third-order valence-corrected chi connectivity index (χ3v) is 4.40. The van der Waals surface area contributed by atoms with E-state index >= 15 is 0 Å². The lowest BCUT2D eigenvalue weighted by Gasteiger charge is -2.27. The first-order valence-corrected chi connectivity index (χ1v) is 8.78. The van der Waals surface area contributed by atoms with Crippen LogP contribution in [0.3, 0.4) is 0 Å². The number of rotatable bonds is 4. The van der Waals surface area contributed by atoms with Gasteiger partial charge in [0.05, 0.1) is 24.0 Å². The molecule has 0 spiro atoms. The Morgan fingerprint density at radius 1 is 0.885 bits per heavy atom. The molecule has 0 saturated carbocycles. The van der Waals surface area contributed by atoms with E-state index in [0.717, 1.165) is 32.4 Å². The smallest absolute Gasteiger partial charge is 0.323 e. The van der Waals surface area contributed by atoms with E-state index in [0.29, 0.717) is 22.7 Å². The maximum absolute atomic E-state index is 12.8. The van der Waals surface area contributed by atoms with Crippen molar-refractivity contribution in [2.75, 3.05) is 30.8 Å². The second-order valence-electron chi connectivity index (χ2n) is 6.18. The fourth-order valence-corrected chi connectivity index (χ4v) is 3.07. The topological polar surface area (TPSA) is 70.7 Å². The molecule has 0 bridgehead atoms. The molecule has 0 aliphatic carbocycles. The van der Waals surface area contributed by atoms with Crippen molar-refractivity contribution in [1.29, 1.82) is 0 Å². The highest BCUT2D eigenvalue weighted by molar-refractivity contribution is 6.06. The number of anilines is 2. The van der Waals surface area contributed by atoms with E-state index in [2.05, 4.69) is 10.6 Å². The van der Waals surface area contributed by atoms with Crippen molar-refractivity contribution in [3.8, 4) is 5.75 Å². The molecule has 2 aromatic rings. The SMILES string of the molecule is COc1ccccc1NC(=O)Nc1ccccc1C(=O)N1CCCCC1. The zero-order valence-corrected chi connectivity index (χ0v) is 14.8. The first kappa shape index (κ1) is 17.8. The number of likely N-dealkylation sites (tertiary alicyclic amines) is 1. The Morgan fingerprint density at radius 3 is 2.23 bits per heavy atom. The molecule has 1 fully saturated rings. The van der Waals surface area contributed by atoms with Crippen LogP contribution in [0.5, 0.6) is 5.75 Å². The lowest BCUT2D eigenvalue weighted by molar-refractivity contribution is 0.0725. The molecule has 1 heterocycles. The minimum absolute atomic E-state index is 0.0436. The fourth-order valence-electron chi connectivity index (χ4n) is 3.07. The van der Waals surface area contributed by atoms with Crippen LogP contribution >= 0.6 is 0 Å². The molecular weight excluding hydrogens is 330 g/mol. The number of amides is 3. The zero-order valence-electron chi connectivity index (χ0n) is 14.8. The predicted octanol–water partition coefficient (Wildman–Crippen LogP) is 3.97. The standard InChI is InChI=1S/C20H23N3O3/c1-26-18-12-6-5-11-17(18)22-20(25)21-16-10-4-3-9-15(16)19(24)23-13-7-2-8-14-23/h3-6,9-12H,2,7-8,13-14H2,1H3,(H2,21,22,25). The van der Waals surface area contributed by atoms with Gasteiger partial charge in [0, 0.05) is 13.1 Å². The number of carbonyl (C=O) groups is 2. The monoisotopic (exact) mass is 353 g/mol. The number of nitrogens with one attached hydrogen (secondary N) is 2. The molecule has 2 aromatic carbocycles. The molecule has 0 aromatic heterocycles. The molecule has 0 atom stereocenters. The molecule has 1 aliphatic heterocycles. The maximum atomic E-state index is 12.8. The molecule has 6 nitrogen and oxygen atoms in total. The van der Waals surface area contributed by atoms with Crippen LogP contribution in [0.4, 0.5) is 16.2 Å². The molecule has 0 unspecified atom stereocenters. The summed E-state index contributed by atoms with van der Waals surface area (Å²) in [4.78, 5) is 27.0. The van der Waals surface area contributed by atoms with Crippen LogP contribution < -0.4 is 15.4 Å². The summed E-state index contributed by atoms with van der Waals surface area (Å²) in [5.41, 5.74) is 1.56. The van der Waals surface area contributed by atoms with Crippen molar-refractivity contribution in [1.82, 2.24) is 4.90 Å². The maximum Gasteiger partial charge on any atom is 0.323 e. The summed E-state index contributed by atoms with van der Waals surface area (Å²) in [6, 6.07) is 13.8. The van der Waals surface area contributed by atoms with Crippen LogP contribution in [-0.2, 0) is 0 Å². The van der Waals surface area contributed by atoms with E-state index in [1.54, 1.807) is 43.5 Å². The first-order chi connectivity index (χ1) is 12.7. The number of benzene rings is 2. The van der Waals surface area contributed by atoms with Crippen LogP contribution in [0.1, 0.15) is 29.6 Å². The Bertz CT molecular complexity index is 785. The highest BCUT2D eigenvalue weighted by Crippen LogP contribution is 2.24. The third-order valence-electron chi connectivity index (χ3n) is 4.40. The fraction of sp³-hybridized carbons (Fsp3) is 0.300.